The van der Waals surface area contributed by atoms with Crippen LogP contribution in [-0.2, 0) is 16.4 Å². The molecule has 0 aromatic heterocycles. The Hall–Kier alpha value is -1.69. The van der Waals surface area contributed by atoms with Gasteiger partial charge in [-0.1, -0.05) is 48.5 Å². The Bertz CT molecular complexity index is 740. The molecule has 0 bridgehead atoms. The summed E-state index contributed by atoms with van der Waals surface area (Å²) in [6.45, 7) is 2.99. The number of rotatable bonds is 7. The first kappa shape index (κ1) is 18.1. The molecule has 2 aromatic rings. The number of nitrogens with zero attached hydrogens (tertiary/aromatic N) is 1. The third kappa shape index (κ3) is 5.39. The first-order valence-corrected chi connectivity index (χ1v) is 10.5. The monoisotopic (exact) mass is 358 g/mol. The molecule has 2 aromatic carbocycles. The van der Waals surface area contributed by atoms with Crippen molar-refractivity contribution in [3.05, 3.63) is 66.2 Å². The quantitative estimate of drug-likeness (QED) is 0.827. The smallest absolute Gasteiger partial charge is 0.240 e. The minimum Gasteiger partial charge on any atom is -0.303 e. The summed E-state index contributed by atoms with van der Waals surface area (Å²) in [6.07, 6.45) is 3.99. The second-order valence-corrected chi connectivity index (χ2v) is 8.35. The lowest BCUT2D eigenvalue weighted by Gasteiger charge is -2.32. The molecule has 1 aliphatic rings. The van der Waals surface area contributed by atoms with Crippen LogP contribution in [0.15, 0.2) is 65.6 Å². The van der Waals surface area contributed by atoms with E-state index in [2.05, 4.69) is 33.9 Å². The minimum absolute atomic E-state index is 0.0376. The average Bonchev–Trinajstić information content (AvgIpc) is 2.65. The van der Waals surface area contributed by atoms with Gasteiger partial charge in [0, 0.05) is 6.04 Å². The summed E-state index contributed by atoms with van der Waals surface area (Å²) < 4.78 is 27.6. The maximum absolute atomic E-state index is 12.4. The van der Waals surface area contributed by atoms with E-state index in [0.717, 1.165) is 45.3 Å². The van der Waals surface area contributed by atoms with E-state index >= 15 is 0 Å². The van der Waals surface area contributed by atoms with Crippen LogP contribution in [0, 0.1) is 0 Å². The van der Waals surface area contributed by atoms with Gasteiger partial charge in [0.2, 0.25) is 10.0 Å². The van der Waals surface area contributed by atoms with Crippen molar-refractivity contribution in [2.45, 2.75) is 36.6 Å². The maximum Gasteiger partial charge on any atom is 0.240 e. The van der Waals surface area contributed by atoms with Crippen LogP contribution in [0.5, 0.6) is 0 Å². The molecule has 1 fully saturated rings. The largest absolute Gasteiger partial charge is 0.303 e. The van der Waals surface area contributed by atoms with Gasteiger partial charge >= 0.3 is 0 Å². The van der Waals surface area contributed by atoms with E-state index in [1.807, 2.05) is 12.1 Å². The molecule has 1 N–H and O–H groups in total. The summed E-state index contributed by atoms with van der Waals surface area (Å²) in [7, 11) is -3.40. The van der Waals surface area contributed by atoms with Gasteiger partial charge in [-0.25, -0.2) is 13.1 Å². The highest BCUT2D eigenvalue weighted by Gasteiger charge is 2.24. The summed E-state index contributed by atoms with van der Waals surface area (Å²) >= 11 is 0. The lowest BCUT2D eigenvalue weighted by atomic mass is 10.1. The number of aryl methyl sites for hydroxylation is 1. The van der Waals surface area contributed by atoms with Gasteiger partial charge in [-0.3, -0.25) is 0 Å². The molecule has 4 nitrogen and oxygen atoms in total. The summed E-state index contributed by atoms with van der Waals surface area (Å²) in [5, 5.41) is 0. The number of benzene rings is 2. The van der Waals surface area contributed by atoms with Gasteiger partial charge in [0.15, 0.2) is 0 Å². The third-order valence-electron chi connectivity index (χ3n) is 4.75. The van der Waals surface area contributed by atoms with Crippen molar-refractivity contribution in [2.75, 3.05) is 19.6 Å². The molecule has 0 radical (unpaired) electrons. The van der Waals surface area contributed by atoms with Crippen LogP contribution in [0.4, 0.5) is 0 Å². The Labute approximate surface area is 150 Å². The highest BCUT2D eigenvalue weighted by molar-refractivity contribution is 7.89. The standard InChI is InChI=1S/C20H26N2O2S/c23-25(24,20-11-5-2-6-12-20)21-19-13-16-22(17-14-19)15-7-10-18-8-3-1-4-9-18/h1-6,8-9,11-12,19,21H,7,10,13-17H2. The maximum atomic E-state index is 12.4. The first-order valence-electron chi connectivity index (χ1n) is 8.97. The van der Waals surface area contributed by atoms with E-state index in [1.54, 1.807) is 24.3 Å². The van der Waals surface area contributed by atoms with Crippen molar-refractivity contribution in [2.24, 2.45) is 0 Å². The molecular weight excluding hydrogens is 332 g/mol. The van der Waals surface area contributed by atoms with E-state index < -0.39 is 10.0 Å². The van der Waals surface area contributed by atoms with Gasteiger partial charge in [-0.2, -0.15) is 0 Å². The van der Waals surface area contributed by atoms with Crippen molar-refractivity contribution in [1.29, 1.82) is 0 Å². The van der Waals surface area contributed by atoms with Crippen molar-refractivity contribution < 1.29 is 8.42 Å². The Kier molecular flexibility index (Phi) is 6.24. The van der Waals surface area contributed by atoms with Crippen LogP contribution < -0.4 is 4.72 Å². The van der Waals surface area contributed by atoms with Gasteiger partial charge < -0.3 is 4.90 Å². The molecule has 0 unspecified atom stereocenters. The number of hydrogen-bond acceptors (Lipinski definition) is 3. The molecule has 25 heavy (non-hydrogen) atoms. The Morgan fingerprint density at radius 2 is 1.52 bits per heavy atom. The molecule has 1 saturated heterocycles. The zero-order valence-electron chi connectivity index (χ0n) is 14.5. The van der Waals surface area contributed by atoms with Crippen LogP contribution in [0.25, 0.3) is 0 Å². The van der Waals surface area contributed by atoms with E-state index in [1.165, 1.54) is 5.56 Å². The average molecular weight is 359 g/mol. The lowest BCUT2D eigenvalue weighted by molar-refractivity contribution is 0.205. The molecule has 0 saturated carbocycles. The van der Waals surface area contributed by atoms with Crippen LogP contribution in [0.1, 0.15) is 24.8 Å². The molecule has 134 valence electrons. The molecule has 1 aliphatic heterocycles. The van der Waals surface area contributed by atoms with Gasteiger partial charge in [-0.05, 0) is 63.0 Å². The molecule has 0 spiro atoms. The van der Waals surface area contributed by atoms with E-state index in [9.17, 15) is 8.42 Å². The van der Waals surface area contributed by atoms with E-state index in [-0.39, 0.29) is 6.04 Å². The number of hydrogen-bond donors (Lipinski definition) is 1. The number of sulfonamides is 1. The van der Waals surface area contributed by atoms with Crippen molar-refractivity contribution >= 4 is 10.0 Å². The molecule has 1 heterocycles. The zero-order chi connectivity index (χ0) is 17.5. The van der Waals surface area contributed by atoms with Crippen molar-refractivity contribution in [3.63, 3.8) is 0 Å². The first-order chi connectivity index (χ1) is 12.1. The Balaban J connectivity index is 1.41. The molecule has 0 amide bonds. The fraction of sp³-hybridized carbons (Fsp3) is 0.400. The predicted octanol–water partition coefficient (Wildman–Crippen LogP) is 3.06. The molecule has 0 aliphatic carbocycles. The van der Waals surface area contributed by atoms with Crippen LogP contribution in [-0.4, -0.2) is 39.0 Å². The Morgan fingerprint density at radius 3 is 2.16 bits per heavy atom. The second-order valence-electron chi connectivity index (χ2n) is 6.64. The highest BCUT2D eigenvalue weighted by atomic mass is 32.2. The number of nitrogens with one attached hydrogen (secondary N) is 1. The highest BCUT2D eigenvalue weighted by Crippen LogP contribution is 2.15. The Morgan fingerprint density at radius 1 is 0.920 bits per heavy atom. The second kappa shape index (κ2) is 8.61. The van der Waals surface area contributed by atoms with Crippen LogP contribution >= 0.6 is 0 Å². The number of likely N-dealkylation sites (tertiary alicyclic amines) is 1. The fourth-order valence-electron chi connectivity index (χ4n) is 3.31. The number of piperidine rings is 1. The predicted molar refractivity (Wildman–Crippen MR) is 101 cm³/mol. The normalized spacial score (nSPS) is 16.8. The minimum atomic E-state index is -3.40. The van der Waals surface area contributed by atoms with Gasteiger partial charge in [-0.15, -0.1) is 0 Å². The molecule has 5 heteroatoms. The van der Waals surface area contributed by atoms with Crippen LogP contribution in [0.3, 0.4) is 0 Å². The fourth-order valence-corrected chi connectivity index (χ4v) is 4.64. The van der Waals surface area contributed by atoms with E-state index in [0.29, 0.717) is 4.90 Å². The summed E-state index contributed by atoms with van der Waals surface area (Å²) in [5.41, 5.74) is 1.38. The van der Waals surface area contributed by atoms with Crippen molar-refractivity contribution in [1.82, 2.24) is 9.62 Å². The van der Waals surface area contributed by atoms with Gasteiger partial charge in [0.25, 0.3) is 0 Å². The van der Waals surface area contributed by atoms with Crippen LogP contribution in [0.2, 0.25) is 0 Å². The molecule has 0 atom stereocenters. The zero-order valence-corrected chi connectivity index (χ0v) is 15.3. The summed E-state index contributed by atoms with van der Waals surface area (Å²) in [4.78, 5) is 2.79. The third-order valence-corrected chi connectivity index (χ3v) is 6.28. The van der Waals surface area contributed by atoms with E-state index in [4.69, 9.17) is 0 Å². The molecular formula is C20H26N2O2S. The topological polar surface area (TPSA) is 49.4 Å². The van der Waals surface area contributed by atoms with Crippen molar-refractivity contribution in [3.8, 4) is 0 Å². The summed E-state index contributed by atoms with van der Waals surface area (Å²) in [5.74, 6) is 0. The van der Waals surface area contributed by atoms with Gasteiger partial charge in [0.05, 0.1) is 4.90 Å². The SMILES string of the molecule is O=S(=O)(NC1CCN(CCCc2ccccc2)CC1)c1ccccc1. The summed E-state index contributed by atoms with van der Waals surface area (Å²) in [6, 6.07) is 19.2. The van der Waals surface area contributed by atoms with Gasteiger partial charge in [0.1, 0.15) is 0 Å². The lowest BCUT2D eigenvalue weighted by Crippen LogP contribution is -2.44. The molecule has 3 rings (SSSR count).